The minimum atomic E-state index is -1.30. The average Bonchev–Trinajstić information content (AvgIpc) is 0.782. The third-order valence-electron chi connectivity index (χ3n) is 18.1. The number of Topliss-reactive ketones (excluding diaryl/α,β-unsaturated/α-hetero) is 3. The second kappa shape index (κ2) is 89.2. The smallest absolute Gasteiger partial charge is 0.336 e. The van der Waals surface area contributed by atoms with Gasteiger partial charge in [0.1, 0.15) is 123 Å². The molecule has 145 heavy (non-hydrogen) atoms. The van der Waals surface area contributed by atoms with E-state index in [2.05, 4.69) is 215 Å². The van der Waals surface area contributed by atoms with Gasteiger partial charge in [-0.25, -0.2) is 28.1 Å². The zero-order chi connectivity index (χ0) is 110. The van der Waals surface area contributed by atoms with Gasteiger partial charge in [0.05, 0.1) is 153 Å². The lowest BCUT2D eigenvalue weighted by atomic mass is 9.90. The molecule has 0 aliphatic carbocycles. The monoisotopic (exact) mass is 2380 g/mol. The summed E-state index contributed by atoms with van der Waals surface area (Å²) in [6.07, 6.45) is 1.16. The Hall–Kier alpha value is -4.21. The lowest BCUT2D eigenvalue weighted by Gasteiger charge is -2.36. The molecule has 1 aromatic heterocycles. The maximum absolute atomic E-state index is 12.7. The molecule has 0 aliphatic rings. The van der Waals surface area contributed by atoms with Gasteiger partial charge in [-0.3, -0.25) is 81.5 Å². The second-order valence-electron chi connectivity index (χ2n) is 32.2. The molecule has 0 aromatic carbocycles. The molecule has 0 aliphatic heterocycles. The lowest BCUT2D eigenvalue weighted by Crippen LogP contribution is -2.55. The van der Waals surface area contributed by atoms with Gasteiger partial charge in [-0.1, -0.05) is 27.7 Å². The molecule has 0 radical (unpaired) electrons. The van der Waals surface area contributed by atoms with Crippen molar-refractivity contribution in [2.75, 3.05) is 220 Å². The summed E-state index contributed by atoms with van der Waals surface area (Å²) in [4.78, 5) is 242. The first-order valence-corrected chi connectivity index (χ1v) is 55.7. The minimum Gasteiger partial charge on any atom is -0.465 e. The van der Waals surface area contributed by atoms with E-state index < -0.39 is 122 Å². The van der Waals surface area contributed by atoms with Gasteiger partial charge in [0.25, 0.3) is 0 Å². The molecule has 0 amide bonds. The molecule has 41 nitrogen and oxygen atoms in total. The van der Waals surface area contributed by atoms with E-state index in [1.54, 1.807) is 27.7 Å². The largest absolute Gasteiger partial charge is 0.465 e. The van der Waals surface area contributed by atoms with Gasteiger partial charge in [-0.05, 0) is 17.3 Å². The molecule has 0 fully saturated rings. The highest BCUT2D eigenvalue weighted by Gasteiger charge is 2.43. The highest BCUT2D eigenvalue weighted by atomic mass is 32.1. The highest BCUT2D eigenvalue weighted by molar-refractivity contribution is 7.83. The van der Waals surface area contributed by atoms with Crippen molar-refractivity contribution in [1.29, 1.82) is 0 Å². The second-order valence-corrected chi connectivity index (χ2v) is 41.5. The number of esters is 14. The first-order chi connectivity index (χ1) is 68.8. The van der Waals surface area contributed by atoms with E-state index in [-0.39, 0.29) is 370 Å². The van der Waals surface area contributed by atoms with Crippen molar-refractivity contribution in [3.8, 4) is 0 Å². The van der Waals surface area contributed by atoms with Crippen LogP contribution in [0.4, 0.5) is 0 Å². The maximum Gasteiger partial charge on any atom is 0.336 e. The number of carbonyl (C=O) groups is 17. The van der Waals surface area contributed by atoms with E-state index in [0.29, 0.717) is 17.3 Å². The van der Waals surface area contributed by atoms with Gasteiger partial charge in [-0.2, -0.15) is 215 Å². The van der Waals surface area contributed by atoms with Gasteiger partial charge >= 0.3 is 101 Å². The lowest BCUT2D eigenvalue weighted by molar-refractivity contribution is -0.173. The van der Waals surface area contributed by atoms with Crippen molar-refractivity contribution in [2.24, 2.45) is 21.7 Å². The summed E-state index contributed by atoms with van der Waals surface area (Å²) in [6.45, 7) is 0.0512. The first-order valence-electron chi connectivity index (χ1n) is 45.4. The molecule has 0 bridgehead atoms. The van der Waals surface area contributed by atoms with Crippen LogP contribution in [-0.2, 0) is 186 Å². The number of thiol groups is 17. The van der Waals surface area contributed by atoms with Crippen LogP contribution in [0, 0.1) is 21.7 Å². The molecule has 836 valence electrons. The molecular formula is C87H143N3O38S17. The highest BCUT2D eigenvalue weighted by Crippen LogP contribution is 2.29. The summed E-state index contributed by atoms with van der Waals surface area (Å²) in [5.74, 6) is -4.63. The molecule has 0 N–H and O–H groups in total. The number of hydrogen-bond donors (Lipinski definition) is 17. The molecule has 1 aromatic rings. The van der Waals surface area contributed by atoms with Crippen LogP contribution in [0.5, 0.6) is 0 Å². The van der Waals surface area contributed by atoms with Crippen LogP contribution < -0.4 is 17.1 Å². The molecule has 0 saturated heterocycles. The summed E-state index contributed by atoms with van der Waals surface area (Å²) in [5.41, 5.74) is -7.96. The van der Waals surface area contributed by atoms with Crippen LogP contribution in [-0.4, -0.2) is 356 Å². The van der Waals surface area contributed by atoms with Crippen LogP contribution in [0.3, 0.4) is 0 Å². The number of hydrogen-bond acceptors (Lipinski definition) is 55. The summed E-state index contributed by atoms with van der Waals surface area (Å²) in [7, 11) is 0. The number of nitrogens with zero attached hydrogens (tertiary/aromatic N) is 3. The van der Waals surface area contributed by atoms with Crippen molar-refractivity contribution in [3.05, 3.63) is 31.5 Å². The van der Waals surface area contributed by atoms with Gasteiger partial charge in [-0.15, -0.1) is 0 Å². The Kier molecular flexibility index (Phi) is 89.1. The number of rotatable bonds is 81. The summed E-state index contributed by atoms with van der Waals surface area (Å²) >= 11 is 68.8. The van der Waals surface area contributed by atoms with Crippen molar-refractivity contribution in [2.45, 2.75) is 177 Å². The fraction of sp³-hybridized carbons (Fsp3) is 0.770. The van der Waals surface area contributed by atoms with Crippen molar-refractivity contribution in [1.82, 2.24) is 13.7 Å². The number of ether oxygens (including phenoxy) is 18. The minimum absolute atomic E-state index is 0.00803. The average molecular weight is 2380 g/mol. The van der Waals surface area contributed by atoms with Crippen LogP contribution in [0.25, 0.3) is 0 Å². The first kappa shape index (κ1) is 145. The predicted octanol–water partition coefficient (Wildman–Crippen LogP) is 5.45. The quantitative estimate of drug-likeness (QED) is 0.0219. The van der Waals surface area contributed by atoms with Crippen molar-refractivity contribution >= 4 is 316 Å². The van der Waals surface area contributed by atoms with E-state index in [4.69, 9.17) is 85.3 Å². The van der Waals surface area contributed by atoms with Crippen LogP contribution >= 0.6 is 215 Å². The molecule has 1 rings (SSSR count). The third kappa shape index (κ3) is 75.3. The predicted molar refractivity (Wildman–Crippen MR) is 593 cm³/mol. The molecule has 0 spiro atoms. The Labute approximate surface area is 938 Å². The standard InChI is InChI=1S/C31H52O13S6.C21H36O8S4.C18H27N3O9S3.C17H28O8S4/c32-24(1-7-45)13-38-16-30(21-42-27(35)4-10-48,17-39-14-25(33)2-8-46)19-41-20-31(22-43-28(36)5-11-49,23-44-29(37)6-12-50)18-40-15-26(34)3-9-47;1-13(30)5-17(22)26-9-21(10-27-18(23)6-14(2)31,11-28-19(24)7-15(3)32)12-29-20(25)8-16(4)33;22-13(1-10-31)28-7-4-19-16(25)20(5-8-29-14(23)2-11-32)18(27)21(17(19)26)6-9-30-15(24)3-12-33;18-13(1-5-26)22-9-17(10-23-14(19)2-6-27,11-24-15(20)3-7-28)12-25-16(21)4-8-29/h45-50H,1-23H2;13-16,30-33H,5-12H2,1-4H3;31-33H,1-12H2;26-29H,1-12H2. The topological polar surface area (TPSA) is 522 Å². The Morgan fingerprint density at radius 1 is 0.207 bits per heavy atom. The molecule has 4 atom stereocenters. The fourth-order valence-electron chi connectivity index (χ4n) is 10.6. The van der Waals surface area contributed by atoms with Gasteiger partial charge in [0, 0.05) is 97.8 Å². The number of ketones is 3. The number of aromatic nitrogens is 3. The Balaban J connectivity index is -0.00000190. The Morgan fingerprint density at radius 3 is 0.503 bits per heavy atom. The van der Waals surface area contributed by atoms with Gasteiger partial charge in [0.2, 0.25) is 0 Å². The van der Waals surface area contributed by atoms with Crippen LogP contribution in [0.1, 0.15) is 137 Å². The molecule has 58 heteroatoms. The van der Waals surface area contributed by atoms with E-state index in [9.17, 15) is 95.9 Å². The van der Waals surface area contributed by atoms with Crippen molar-refractivity contribution < 1.29 is 167 Å². The molecular weight excluding hydrogens is 2240 g/mol. The normalized spacial score (nSPS) is 12.4. The van der Waals surface area contributed by atoms with E-state index in [1.807, 2.05) is 0 Å². The van der Waals surface area contributed by atoms with Crippen LogP contribution in [0.2, 0.25) is 0 Å². The third-order valence-corrected chi connectivity index (χ3v) is 21.7. The summed E-state index contributed by atoms with van der Waals surface area (Å²) < 4.78 is 99.2. The summed E-state index contributed by atoms with van der Waals surface area (Å²) in [6, 6.07) is 0. The molecule has 0 saturated carbocycles. The van der Waals surface area contributed by atoms with Gasteiger partial charge in [0.15, 0.2) is 17.3 Å². The zero-order valence-corrected chi connectivity index (χ0v) is 96.9. The van der Waals surface area contributed by atoms with Crippen LogP contribution in [0.15, 0.2) is 14.4 Å². The SMILES string of the molecule is CC(S)CC(=O)OCC(COC(=O)CC(C)S)(COC(=O)CC(C)S)COC(=O)CC(C)S.O=C(CCS)COCC(COCC(=O)CCS)(COCC(COCC(=O)CCS)(COC(=O)CCS)COC(=O)CCS)COC(=O)CCS.O=C(CCS)OCC(COC(=O)CCS)(COC(=O)CCS)COC(=O)CCS.O=C(CCS)OCCn1c(=O)n(CCOC(=O)CCS)c(=O)n(CCOC(=O)CCS)c1=O. The Morgan fingerprint density at radius 2 is 0.345 bits per heavy atom. The van der Waals surface area contributed by atoms with E-state index >= 15 is 0 Å². The van der Waals surface area contributed by atoms with E-state index in [1.165, 1.54) is 0 Å². The maximum atomic E-state index is 12.7. The molecule has 1 heterocycles. The summed E-state index contributed by atoms with van der Waals surface area (Å²) in [5, 5.41) is -0.922. The van der Waals surface area contributed by atoms with Gasteiger partial charge < -0.3 is 85.3 Å². The number of carbonyl (C=O) groups excluding carboxylic acids is 17. The fourth-order valence-corrected chi connectivity index (χ4v) is 13.8. The zero-order valence-electron chi connectivity index (χ0n) is 81.7. The van der Waals surface area contributed by atoms with Crippen molar-refractivity contribution in [3.63, 3.8) is 0 Å². The molecule has 4 unspecified atom stereocenters. The van der Waals surface area contributed by atoms with E-state index in [0.717, 1.165) is 13.7 Å². The Bertz CT molecular complexity index is 3780.